The lowest BCUT2D eigenvalue weighted by molar-refractivity contribution is -0.122. The van der Waals surface area contributed by atoms with Gasteiger partial charge in [-0.1, -0.05) is 19.1 Å². The Bertz CT molecular complexity index is 491. The molecule has 1 aromatic heterocycles. The van der Waals surface area contributed by atoms with Crippen molar-refractivity contribution in [3.8, 4) is 0 Å². The summed E-state index contributed by atoms with van der Waals surface area (Å²) in [7, 11) is 0. The van der Waals surface area contributed by atoms with E-state index < -0.39 is 5.97 Å². The average Bonchev–Trinajstić information content (AvgIpc) is 3.01. The fraction of sp³-hybridized carbons (Fsp3) is 0.667. The van der Waals surface area contributed by atoms with E-state index in [9.17, 15) is 9.59 Å². The molecule has 0 aromatic carbocycles. The van der Waals surface area contributed by atoms with Crippen LogP contribution in [0.15, 0.2) is 0 Å². The topological polar surface area (TPSA) is 97.1 Å². The first kappa shape index (κ1) is 13.5. The van der Waals surface area contributed by atoms with E-state index in [1.165, 1.54) is 4.68 Å². The predicted octanol–water partition coefficient (Wildman–Crippen LogP) is 0.453. The lowest BCUT2D eigenvalue weighted by Crippen LogP contribution is -2.30. The number of carboxylic acids is 1. The Morgan fingerprint density at radius 3 is 2.68 bits per heavy atom. The number of carbonyl (C=O) groups excluding carboxylic acids is 1. The second-order valence-corrected chi connectivity index (χ2v) is 5.29. The Morgan fingerprint density at radius 1 is 1.47 bits per heavy atom. The van der Waals surface area contributed by atoms with Crippen LogP contribution in [0.3, 0.4) is 0 Å². The van der Waals surface area contributed by atoms with Gasteiger partial charge >= 0.3 is 5.97 Å². The van der Waals surface area contributed by atoms with Crippen LogP contribution in [0.5, 0.6) is 0 Å². The van der Waals surface area contributed by atoms with Gasteiger partial charge in [-0.15, -0.1) is 5.10 Å². The number of hydrogen-bond acceptors (Lipinski definition) is 4. The van der Waals surface area contributed by atoms with Gasteiger partial charge in [0.05, 0.1) is 5.69 Å². The Kier molecular flexibility index (Phi) is 3.82. The van der Waals surface area contributed by atoms with E-state index in [0.29, 0.717) is 12.1 Å². The van der Waals surface area contributed by atoms with Crippen LogP contribution in [0.1, 0.15) is 42.9 Å². The zero-order valence-corrected chi connectivity index (χ0v) is 11.1. The van der Waals surface area contributed by atoms with Gasteiger partial charge < -0.3 is 10.4 Å². The number of aromatic nitrogens is 3. The van der Waals surface area contributed by atoms with Gasteiger partial charge in [0.1, 0.15) is 6.54 Å². The highest BCUT2D eigenvalue weighted by molar-refractivity contribution is 5.86. The molecule has 1 aliphatic rings. The van der Waals surface area contributed by atoms with E-state index in [1.807, 2.05) is 13.8 Å². The van der Waals surface area contributed by atoms with E-state index in [1.54, 1.807) is 0 Å². The van der Waals surface area contributed by atoms with E-state index in [0.717, 1.165) is 12.8 Å². The molecule has 0 radical (unpaired) electrons. The van der Waals surface area contributed by atoms with E-state index in [-0.39, 0.29) is 30.1 Å². The Labute approximate surface area is 111 Å². The maximum absolute atomic E-state index is 11.7. The predicted molar refractivity (Wildman–Crippen MR) is 66.7 cm³/mol. The van der Waals surface area contributed by atoms with E-state index >= 15 is 0 Å². The molecular formula is C12H18N4O3. The summed E-state index contributed by atoms with van der Waals surface area (Å²) in [5.41, 5.74) is 0.446. The van der Waals surface area contributed by atoms with Crippen molar-refractivity contribution < 1.29 is 14.7 Å². The molecular weight excluding hydrogens is 248 g/mol. The summed E-state index contributed by atoms with van der Waals surface area (Å²) < 4.78 is 1.39. The van der Waals surface area contributed by atoms with Crippen molar-refractivity contribution in [1.29, 1.82) is 0 Å². The molecule has 7 heteroatoms. The number of carboxylic acid groups (broad SMARTS) is 1. The first-order valence-electron chi connectivity index (χ1n) is 6.42. The number of amides is 1. The second kappa shape index (κ2) is 5.38. The molecule has 19 heavy (non-hydrogen) atoms. The van der Waals surface area contributed by atoms with Crippen LogP contribution in [-0.2, 0) is 17.8 Å². The minimum Gasteiger partial charge on any atom is -0.476 e. The maximum Gasteiger partial charge on any atom is 0.358 e. The van der Waals surface area contributed by atoms with Gasteiger partial charge in [-0.3, -0.25) is 4.79 Å². The SMILES string of the molecule is CC(C)Cc1c(C(=O)O)nnn1CC(=O)NC1CC1. The van der Waals surface area contributed by atoms with Gasteiger partial charge in [-0.2, -0.15) is 0 Å². The van der Waals surface area contributed by atoms with Crippen LogP contribution in [0.2, 0.25) is 0 Å². The third-order valence-corrected chi connectivity index (χ3v) is 2.88. The molecule has 1 saturated carbocycles. The number of aromatic carboxylic acids is 1. The summed E-state index contributed by atoms with van der Waals surface area (Å²) in [5, 5.41) is 19.3. The number of nitrogens with one attached hydrogen (secondary N) is 1. The molecule has 1 aliphatic carbocycles. The first-order valence-corrected chi connectivity index (χ1v) is 6.42. The zero-order chi connectivity index (χ0) is 14.0. The summed E-state index contributed by atoms with van der Waals surface area (Å²) >= 11 is 0. The van der Waals surface area contributed by atoms with Gasteiger partial charge in [0.2, 0.25) is 5.91 Å². The lowest BCUT2D eigenvalue weighted by Gasteiger charge is -2.09. The quantitative estimate of drug-likeness (QED) is 0.779. The molecule has 2 N–H and O–H groups in total. The van der Waals surface area contributed by atoms with Crippen LogP contribution >= 0.6 is 0 Å². The summed E-state index contributed by atoms with van der Waals surface area (Å²) in [4.78, 5) is 22.8. The van der Waals surface area contributed by atoms with Crippen LogP contribution in [0.25, 0.3) is 0 Å². The summed E-state index contributed by atoms with van der Waals surface area (Å²) in [6.45, 7) is 3.99. The lowest BCUT2D eigenvalue weighted by atomic mass is 10.1. The highest BCUT2D eigenvalue weighted by atomic mass is 16.4. The Balaban J connectivity index is 2.13. The van der Waals surface area contributed by atoms with Crippen molar-refractivity contribution in [1.82, 2.24) is 20.3 Å². The average molecular weight is 266 g/mol. The fourth-order valence-corrected chi connectivity index (χ4v) is 1.85. The maximum atomic E-state index is 11.7. The minimum absolute atomic E-state index is 0.0266. The monoisotopic (exact) mass is 266 g/mol. The molecule has 1 aromatic rings. The van der Waals surface area contributed by atoms with Crippen LogP contribution < -0.4 is 5.32 Å². The molecule has 0 atom stereocenters. The highest BCUT2D eigenvalue weighted by Crippen LogP contribution is 2.18. The molecule has 0 unspecified atom stereocenters. The van der Waals surface area contributed by atoms with Crippen molar-refractivity contribution in [2.24, 2.45) is 5.92 Å². The van der Waals surface area contributed by atoms with Crippen LogP contribution in [-0.4, -0.2) is 38.0 Å². The van der Waals surface area contributed by atoms with Crippen LogP contribution in [0, 0.1) is 5.92 Å². The highest BCUT2D eigenvalue weighted by Gasteiger charge is 2.25. The van der Waals surface area contributed by atoms with Crippen molar-refractivity contribution in [3.05, 3.63) is 11.4 Å². The van der Waals surface area contributed by atoms with Crippen molar-refractivity contribution in [3.63, 3.8) is 0 Å². The fourth-order valence-electron chi connectivity index (χ4n) is 1.85. The van der Waals surface area contributed by atoms with Crippen molar-refractivity contribution in [2.45, 2.75) is 45.7 Å². The molecule has 7 nitrogen and oxygen atoms in total. The zero-order valence-electron chi connectivity index (χ0n) is 11.1. The number of rotatable bonds is 6. The third-order valence-electron chi connectivity index (χ3n) is 2.88. The van der Waals surface area contributed by atoms with Gasteiger partial charge in [-0.25, -0.2) is 9.48 Å². The van der Waals surface area contributed by atoms with Gasteiger partial charge in [0, 0.05) is 6.04 Å². The number of hydrogen-bond donors (Lipinski definition) is 2. The molecule has 1 fully saturated rings. The number of nitrogens with zero attached hydrogens (tertiary/aromatic N) is 3. The normalized spacial score (nSPS) is 14.7. The minimum atomic E-state index is -1.11. The van der Waals surface area contributed by atoms with Crippen LogP contribution in [0.4, 0.5) is 0 Å². The molecule has 0 spiro atoms. The molecule has 1 heterocycles. The molecule has 0 bridgehead atoms. The molecule has 0 saturated heterocycles. The van der Waals surface area contributed by atoms with Gasteiger partial charge in [0.15, 0.2) is 5.69 Å². The Morgan fingerprint density at radius 2 is 2.16 bits per heavy atom. The largest absolute Gasteiger partial charge is 0.476 e. The molecule has 1 amide bonds. The standard InChI is InChI=1S/C12H18N4O3/c1-7(2)5-9-11(12(18)19)14-15-16(9)6-10(17)13-8-3-4-8/h7-8H,3-6H2,1-2H3,(H,13,17)(H,18,19). The third kappa shape index (κ3) is 3.52. The number of carbonyl (C=O) groups is 2. The molecule has 104 valence electrons. The van der Waals surface area contributed by atoms with E-state index in [4.69, 9.17) is 5.11 Å². The van der Waals surface area contributed by atoms with Gasteiger partial charge in [-0.05, 0) is 25.2 Å². The van der Waals surface area contributed by atoms with Crippen molar-refractivity contribution in [2.75, 3.05) is 0 Å². The van der Waals surface area contributed by atoms with Gasteiger partial charge in [0.25, 0.3) is 0 Å². The summed E-state index contributed by atoms with van der Waals surface area (Å²) in [6.07, 6.45) is 2.57. The second-order valence-electron chi connectivity index (χ2n) is 5.29. The summed E-state index contributed by atoms with van der Waals surface area (Å²) in [6, 6.07) is 0.281. The Hall–Kier alpha value is -1.92. The molecule has 2 rings (SSSR count). The molecule has 0 aliphatic heterocycles. The first-order chi connectivity index (χ1) is 8.97. The van der Waals surface area contributed by atoms with E-state index in [2.05, 4.69) is 15.6 Å². The summed E-state index contributed by atoms with van der Waals surface area (Å²) in [5.74, 6) is -0.985. The van der Waals surface area contributed by atoms with Crippen molar-refractivity contribution >= 4 is 11.9 Å². The smallest absolute Gasteiger partial charge is 0.358 e.